The predicted octanol–water partition coefficient (Wildman–Crippen LogP) is 4.22. The Kier molecular flexibility index (Phi) is 4.04. The van der Waals surface area contributed by atoms with Gasteiger partial charge in [-0.15, -0.1) is 11.3 Å². The second-order valence-corrected chi connectivity index (χ2v) is 6.29. The Labute approximate surface area is 103 Å². The van der Waals surface area contributed by atoms with Gasteiger partial charge in [0, 0.05) is 17.0 Å². The fourth-order valence-corrected chi connectivity index (χ4v) is 3.66. The predicted molar refractivity (Wildman–Crippen MR) is 71.8 cm³/mol. The van der Waals surface area contributed by atoms with Crippen molar-refractivity contribution >= 4 is 11.3 Å². The standard InChI is InChI=1S/C14H23NS/c1-10-6-4-7-11(2)14(10)15-12(3)13-8-5-9-16-13/h5,8-12,14-15H,4,6-7H2,1-3H3/t10?,11?,12-,14?/m0/s1. The van der Waals surface area contributed by atoms with Gasteiger partial charge in [-0.3, -0.25) is 0 Å². The normalized spacial score (nSPS) is 32.6. The molecule has 1 aliphatic carbocycles. The minimum Gasteiger partial charge on any atom is -0.306 e. The minimum absolute atomic E-state index is 0.507. The fourth-order valence-electron chi connectivity index (χ4n) is 2.92. The summed E-state index contributed by atoms with van der Waals surface area (Å²) in [6.07, 6.45) is 4.19. The van der Waals surface area contributed by atoms with E-state index >= 15 is 0 Å². The lowest BCUT2D eigenvalue weighted by molar-refractivity contribution is 0.196. The first-order valence-corrected chi connectivity index (χ1v) is 7.36. The molecule has 0 radical (unpaired) electrons. The molecule has 2 unspecified atom stereocenters. The van der Waals surface area contributed by atoms with Crippen molar-refractivity contribution in [3.63, 3.8) is 0 Å². The van der Waals surface area contributed by atoms with Crippen molar-refractivity contribution in [3.05, 3.63) is 22.4 Å². The topological polar surface area (TPSA) is 12.0 Å². The SMILES string of the molecule is CC1CCCC(C)C1N[C@@H](C)c1cccs1. The van der Waals surface area contributed by atoms with Crippen molar-refractivity contribution < 1.29 is 0 Å². The molecule has 3 atom stereocenters. The highest BCUT2D eigenvalue weighted by Crippen LogP contribution is 2.31. The highest BCUT2D eigenvalue weighted by molar-refractivity contribution is 7.10. The first kappa shape index (κ1) is 12.1. The van der Waals surface area contributed by atoms with Crippen LogP contribution in [0.1, 0.15) is 51.0 Å². The maximum absolute atomic E-state index is 3.83. The first-order valence-electron chi connectivity index (χ1n) is 6.48. The third kappa shape index (κ3) is 2.67. The molecule has 2 rings (SSSR count). The molecule has 0 spiro atoms. The van der Waals surface area contributed by atoms with Gasteiger partial charge in [0.2, 0.25) is 0 Å². The van der Waals surface area contributed by atoms with Crippen LogP contribution in [0, 0.1) is 11.8 Å². The van der Waals surface area contributed by atoms with E-state index in [2.05, 4.69) is 43.6 Å². The summed E-state index contributed by atoms with van der Waals surface area (Å²) in [6.45, 7) is 7.09. The third-order valence-electron chi connectivity index (χ3n) is 3.96. The van der Waals surface area contributed by atoms with E-state index in [0.29, 0.717) is 12.1 Å². The summed E-state index contributed by atoms with van der Waals surface area (Å²) in [4.78, 5) is 1.46. The van der Waals surface area contributed by atoms with Crippen molar-refractivity contribution in [2.24, 2.45) is 11.8 Å². The highest BCUT2D eigenvalue weighted by atomic mass is 32.1. The van der Waals surface area contributed by atoms with Crippen LogP contribution in [0.4, 0.5) is 0 Å². The second kappa shape index (κ2) is 5.33. The lowest BCUT2D eigenvalue weighted by Crippen LogP contribution is -2.43. The molecular formula is C14H23NS. The molecule has 1 nitrogen and oxygen atoms in total. The van der Waals surface area contributed by atoms with Crippen molar-refractivity contribution in [2.75, 3.05) is 0 Å². The summed E-state index contributed by atoms with van der Waals surface area (Å²) < 4.78 is 0. The average molecular weight is 237 g/mol. The molecule has 0 aliphatic heterocycles. The number of thiophene rings is 1. The van der Waals surface area contributed by atoms with E-state index in [1.165, 1.54) is 24.1 Å². The minimum atomic E-state index is 0.507. The van der Waals surface area contributed by atoms with Crippen LogP contribution < -0.4 is 5.32 Å². The molecule has 1 aromatic rings. The summed E-state index contributed by atoms with van der Waals surface area (Å²) in [7, 11) is 0. The van der Waals surface area contributed by atoms with Gasteiger partial charge in [0.15, 0.2) is 0 Å². The highest BCUT2D eigenvalue weighted by Gasteiger charge is 2.28. The van der Waals surface area contributed by atoms with E-state index in [-0.39, 0.29) is 0 Å². The van der Waals surface area contributed by atoms with Crippen LogP contribution in [-0.2, 0) is 0 Å². The van der Waals surface area contributed by atoms with Gasteiger partial charge >= 0.3 is 0 Å². The number of hydrogen-bond acceptors (Lipinski definition) is 2. The van der Waals surface area contributed by atoms with Gasteiger partial charge in [-0.05, 0) is 43.0 Å². The van der Waals surface area contributed by atoms with Crippen LogP contribution in [0.3, 0.4) is 0 Å². The molecule has 0 bridgehead atoms. The molecule has 1 fully saturated rings. The Hall–Kier alpha value is -0.340. The lowest BCUT2D eigenvalue weighted by Gasteiger charge is -2.37. The zero-order chi connectivity index (χ0) is 11.5. The molecule has 1 aliphatic rings. The molecule has 16 heavy (non-hydrogen) atoms. The smallest absolute Gasteiger partial charge is 0.0388 e. The largest absolute Gasteiger partial charge is 0.306 e. The monoisotopic (exact) mass is 237 g/mol. The van der Waals surface area contributed by atoms with Gasteiger partial charge in [0.05, 0.1) is 0 Å². The molecule has 1 heterocycles. The molecule has 0 amide bonds. The summed E-state index contributed by atoms with van der Waals surface area (Å²) >= 11 is 1.86. The average Bonchev–Trinajstić information content (AvgIpc) is 2.76. The summed E-state index contributed by atoms with van der Waals surface area (Å²) in [5.41, 5.74) is 0. The Morgan fingerprint density at radius 3 is 2.56 bits per heavy atom. The first-order chi connectivity index (χ1) is 7.68. The van der Waals surface area contributed by atoms with Crippen molar-refractivity contribution in [1.82, 2.24) is 5.32 Å². The van der Waals surface area contributed by atoms with Gasteiger partial charge in [-0.2, -0.15) is 0 Å². The van der Waals surface area contributed by atoms with Crippen LogP contribution in [0.5, 0.6) is 0 Å². The van der Waals surface area contributed by atoms with Gasteiger partial charge in [-0.25, -0.2) is 0 Å². The fraction of sp³-hybridized carbons (Fsp3) is 0.714. The molecule has 1 saturated carbocycles. The number of rotatable bonds is 3. The second-order valence-electron chi connectivity index (χ2n) is 5.32. The van der Waals surface area contributed by atoms with E-state index < -0.39 is 0 Å². The zero-order valence-electron chi connectivity index (χ0n) is 10.6. The van der Waals surface area contributed by atoms with E-state index in [4.69, 9.17) is 0 Å². The summed E-state index contributed by atoms with van der Waals surface area (Å²) in [6, 6.07) is 5.59. The van der Waals surface area contributed by atoms with E-state index in [9.17, 15) is 0 Å². The van der Waals surface area contributed by atoms with Crippen molar-refractivity contribution in [1.29, 1.82) is 0 Å². The van der Waals surface area contributed by atoms with Gasteiger partial charge < -0.3 is 5.32 Å². The number of nitrogens with one attached hydrogen (secondary N) is 1. The van der Waals surface area contributed by atoms with Gasteiger partial charge in [-0.1, -0.05) is 26.3 Å². The third-order valence-corrected chi connectivity index (χ3v) is 5.01. The van der Waals surface area contributed by atoms with Gasteiger partial charge in [0.1, 0.15) is 0 Å². The molecule has 0 saturated heterocycles. The summed E-state index contributed by atoms with van der Waals surface area (Å²) in [5.74, 6) is 1.65. The molecule has 1 N–H and O–H groups in total. The quantitative estimate of drug-likeness (QED) is 0.830. The molecule has 1 aromatic heterocycles. The number of hydrogen-bond donors (Lipinski definition) is 1. The van der Waals surface area contributed by atoms with Crippen LogP contribution in [-0.4, -0.2) is 6.04 Å². The molecular weight excluding hydrogens is 214 g/mol. The Bertz CT molecular complexity index is 297. The van der Waals surface area contributed by atoms with Crippen LogP contribution in [0.25, 0.3) is 0 Å². The van der Waals surface area contributed by atoms with Crippen molar-refractivity contribution in [2.45, 2.75) is 52.1 Å². The summed E-state index contributed by atoms with van der Waals surface area (Å²) in [5, 5.41) is 6.00. The molecule has 90 valence electrons. The van der Waals surface area contributed by atoms with Crippen LogP contribution in [0.15, 0.2) is 17.5 Å². The maximum atomic E-state index is 3.83. The van der Waals surface area contributed by atoms with Crippen LogP contribution in [0.2, 0.25) is 0 Å². The maximum Gasteiger partial charge on any atom is 0.0388 e. The van der Waals surface area contributed by atoms with E-state index in [1.807, 2.05) is 11.3 Å². The Balaban J connectivity index is 1.97. The lowest BCUT2D eigenvalue weighted by atomic mass is 9.78. The molecule has 0 aromatic carbocycles. The Morgan fingerprint density at radius 2 is 2.00 bits per heavy atom. The van der Waals surface area contributed by atoms with Gasteiger partial charge in [0.25, 0.3) is 0 Å². The molecule has 2 heteroatoms. The Morgan fingerprint density at radius 1 is 1.31 bits per heavy atom. The van der Waals surface area contributed by atoms with Crippen molar-refractivity contribution in [3.8, 4) is 0 Å². The van der Waals surface area contributed by atoms with Crippen LogP contribution >= 0.6 is 11.3 Å². The van der Waals surface area contributed by atoms with E-state index in [0.717, 1.165) is 11.8 Å². The van der Waals surface area contributed by atoms with E-state index in [1.54, 1.807) is 0 Å². The zero-order valence-corrected chi connectivity index (χ0v) is 11.4.